The lowest BCUT2D eigenvalue weighted by Gasteiger charge is -2.26. The van der Waals surface area contributed by atoms with E-state index >= 15 is 0 Å². The van der Waals surface area contributed by atoms with Crippen LogP contribution in [0.5, 0.6) is 0 Å². The first-order valence-electron chi connectivity index (χ1n) is 8.76. The van der Waals surface area contributed by atoms with E-state index in [0.717, 1.165) is 16.7 Å². The monoisotopic (exact) mass is 393 g/mol. The molecule has 0 bridgehead atoms. The number of sulfonamides is 1. The van der Waals surface area contributed by atoms with E-state index in [1.165, 1.54) is 4.90 Å². The van der Waals surface area contributed by atoms with Gasteiger partial charge in [-0.3, -0.25) is 4.72 Å². The molecule has 0 fully saturated rings. The zero-order valence-corrected chi connectivity index (χ0v) is 16.0. The minimum atomic E-state index is -3.71. The predicted octanol–water partition coefficient (Wildman–Crippen LogP) is 4.13. The Labute approximate surface area is 163 Å². The van der Waals surface area contributed by atoms with Gasteiger partial charge in [-0.25, -0.2) is 13.2 Å². The highest BCUT2D eigenvalue weighted by Gasteiger charge is 2.21. The normalized spacial score (nSPS) is 13.6. The molecule has 0 saturated carbocycles. The number of fused-ring (bicyclic) bond motifs is 1. The zero-order chi connectivity index (χ0) is 19.7. The van der Waals surface area contributed by atoms with Gasteiger partial charge in [0.1, 0.15) is 0 Å². The van der Waals surface area contributed by atoms with Gasteiger partial charge in [0.05, 0.1) is 4.90 Å². The van der Waals surface area contributed by atoms with Crippen molar-refractivity contribution in [3.8, 4) is 11.1 Å². The molecule has 28 heavy (non-hydrogen) atoms. The van der Waals surface area contributed by atoms with Crippen LogP contribution in [0.15, 0.2) is 77.7 Å². The van der Waals surface area contributed by atoms with Crippen LogP contribution in [0.4, 0.5) is 16.2 Å². The van der Waals surface area contributed by atoms with Crippen molar-refractivity contribution in [2.75, 3.05) is 17.1 Å². The molecule has 142 valence electrons. The Bertz CT molecular complexity index is 1130. The number of nitrogens with one attached hydrogen (secondary N) is 2. The molecular formula is C21H19N3O3S. The van der Waals surface area contributed by atoms with Crippen molar-refractivity contribution in [1.82, 2.24) is 4.90 Å². The van der Waals surface area contributed by atoms with Gasteiger partial charge in [0.25, 0.3) is 10.0 Å². The van der Waals surface area contributed by atoms with Gasteiger partial charge in [0.2, 0.25) is 0 Å². The quantitative estimate of drug-likeness (QED) is 0.699. The van der Waals surface area contributed by atoms with Crippen molar-refractivity contribution < 1.29 is 13.2 Å². The molecule has 1 aliphatic rings. The molecule has 0 aromatic heterocycles. The number of amides is 2. The molecule has 0 radical (unpaired) electrons. The molecule has 3 aromatic carbocycles. The Kier molecular flexibility index (Phi) is 4.52. The van der Waals surface area contributed by atoms with Gasteiger partial charge in [0, 0.05) is 25.0 Å². The fourth-order valence-corrected chi connectivity index (χ4v) is 4.17. The third kappa shape index (κ3) is 3.57. The van der Waals surface area contributed by atoms with E-state index in [1.54, 1.807) is 49.5 Å². The summed E-state index contributed by atoms with van der Waals surface area (Å²) in [6.07, 6.45) is 0. The number of hydrogen-bond donors (Lipinski definition) is 2. The van der Waals surface area contributed by atoms with Crippen molar-refractivity contribution in [2.24, 2.45) is 0 Å². The first-order chi connectivity index (χ1) is 13.4. The Balaban J connectivity index is 1.56. The first kappa shape index (κ1) is 18.1. The van der Waals surface area contributed by atoms with Crippen molar-refractivity contribution in [3.05, 3.63) is 78.4 Å². The van der Waals surface area contributed by atoms with E-state index in [0.29, 0.717) is 17.9 Å². The maximum atomic E-state index is 12.7. The van der Waals surface area contributed by atoms with Crippen LogP contribution < -0.4 is 10.0 Å². The number of rotatable bonds is 4. The Hall–Kier alpha value is -3.32. The maximum absolute atomic E-state index is 12.7. The molecule has 6 nitrogen and oxygen atoms in total. The third-order valence-corrected chi connectivity index (χ3v) is 6.02. The summed E-state index contributed by atoms with van der Waals surface area (Å²) in [6.45, 7) is 0.419. The Morgan fingerprint density at radius 1 is 0.929 bits per heavy atom. The number of benzene rings is 3. The summed E-state index contributed by atoms with van der Waals surface area (Å²) in [4.78, 5) is 13.4. The lowest BCUT2D eigenvalue weighted by Crippen LogP contribution is -2.35. The minimum Gasteiger partial charge on any atom is -0.323 e. The van der Waals surface area contributed by atoms with Gasteiger partial charge in [-0.2, -0.15) is 0 Å². The smallest absolute Gasteiger partial charge is 0.321 e. The minimum absolute atomic E-state index is 0.181. The fourth-order valence-electron chi connectivity index (χ4n) is 3.12. The molecule has 0 aliphatic carbocycles. The fraction of sp³-hybridized carbons (Fsp3) is 0.0952. The molecule has 1 heterocycles. The lowest BCUT2D eigenvalue weighted by atomic mass is 10.1. The average molecular weight is 393 g/mol. The highest BCUT2D eigenvalue weighted by atomic mass is 32.2. The van der Waals surface area contributed by atoms with Gasteiger partial charge in [-0.05, 0) is 47.0 Å². The molecular weight excluding hydrogens is 374 g/mol. The SMILES string of the molecule is CN1Cc2cc(NS(=O)(=O)c3ccc(-c4ccccc4)cc3)ccc2NC1=O. The van der Waals surface area contributed by atoms with Crippen LogP contribution in [0, 0.1) is 0 Å². The molecule has 2 amide bonds. The summed E-state index contributed by atoms with van der Waals surface area (Å²) in [7, 11) is -2.03. The number of carbonyl (C=O) groups excluding carboxylic acids is 1. The van der Waals surface area contributed by atoms with Crippen LogP contribution in [0.2, 0.25) is 0 Å². The summed E-state index contributed by atoms with van der Waals surface area (Å²) in [5.41, 5.74) is 3.97. The summed E-state index contributed by atoms with van der Waals surface area (Å²) >= 11 is 0. The van der Waals surface area contributed by atoms with Gasteiger partial charge in [-0.15, -0.1) is 0 Å². The van der Waals surface area contributed by atoms with E-state index in [2.05, 4.69) is 10.0 Å². The first-order valence-corrected chi connectivity index (χ1v) is 10.2. The molecule has 2 N–H and O–H groups in total. The number of hydrogen-bond acceptors (Lipinski definition) is 3. The third-order valence-electron chi connectivity index (χ3n) is 4.63. The molecule has 0 unspecified atom stereocenters. The summed E-state index contributed by atoms with van der Waals surface area (Å²) < 4.78 is 28.1. The van der Waals surface area contributed by atoms with Crippen LogP contribution >= 0.6 is 0 Å². The van der Waals surface area contributed by atoms with Crippen molar-refractivity contribution >= 4 is 27.4 Å². The topological polar surface area (TPSA) is 78.5 Å². The summed E-state index contributed by atoms with van der Waals surface area (Å²) in [6, 6.07) is 21.5. The van der Waals surface area contributed by atoms with Gasteiger partial charge in [-0.1, -0.05) is 42.5 Å². The standard InChI is InChI=1S/C21H19N3O3S/c1-24-14-17-13-18(9-12-20(17)22-21(24)25)23-28(26,27)19-10-7-16(8-11-19)15-5-3-2-4-6-15/h2-13,23H,14H2,1H3,(H,22,25). The molecule has 0 atom stereocenters. The highest BCUT2D eigenvalue weighted by molar-refractivity contribution is 7.92. The molecule has 0 spiro atoms. The number of carbonyl (C=O) groups is 1. The van der Waals surface area contributed by atoms with Gasteiger partial charge >= 0.3 is 6.03 Å². The van der Waals surface area contributed by atoms with E-state index in [4.69, 9.17) is 0 Å². The van der Waals surface area contributed by atoms with Gasteiger partial charge < -0.3 is 10.2 Å². The van der Waals surface area contributed by atoms with Crippen LogP contribution in [0.25, 0.3) is 11.1 Å². The summed E-state index contributed by atoms with van der Waals surface area (Å²) in [5.74, 6) is 0. The van der Waals surface area contributed by atoms with E-state index in [-0.39, 0.29) is 10.9 Å². The molecule has 4 rings (SSSR count). The van der Waals surface area contributed by atoms with E-state index < -0.39 is 10.0 Å². The predicted molar refractivity (Wildman–Crippen MR) is 110 cm³/mol. The second kappa shape index (κ2) is 7.01. The van der Waals surface area contributed by atoms with Crippen molar-refractivity contribution in [1.29, 1.82) is 0 Å². The second-order valence-corrected chi connectivity index (χ2v) is 8.34. The number of nitrogens with zero attached hydrogens (tertiary/aromatic N) is 1. The molecule has 3 aromatic rings. The molecule has 1 aliphatic heterocycles. The second-order valence-electron chi connectivity index (χ2n) is 6.65. The number of anilines is 2. The van der Waals surface area contributed by atoms with Gasteiger partial charge in [0.15, 0.2) is 0 Å². The largest absolute Gasteiger partial charge is 0.323 e. The van der Waals surface area contributed by atoms with Crippen LogP contribution in [-0.4, -0.2) is 26.4 Å². The van der Waals surface area contributed by atoms with Crippen molar-refractivity contribution in [2.45, 2.75) is 11.4 Å². The maximum Gasteiger partial charge on any atom is 0.321 e. The lowest BCUT2D eigenvalue weighted by molar-refractivity contribution is 0.218. The number of urea groups is 1. The van der Waals surface area contributed by atoms with Crippen LogP contribution in [-0.2, 0) is 16.6 Å². The van der Waals surface area contributed by atoms with Crippen LogP contribution in [0.1, 0.15) is 5.56 Å². The van der Waals surface area contributed by atoms with E-state index in [1.807, 2.05) is 30.3 Å². The zero-order valence-electron chi connectivity index (χ0n) is 15.2. The Morgan fingerprint density at radius 2 is 1.61 bits per heavy atom. The summed E-state index contributed by atoms with van der Waals surface area (Å²) in [5, 5.41) is 2.76. The van der Waals surface area contributed by atoms with Crippen LogP contribution in [0.3, 0.4) is 0 Å². The van der Waals surface area contributed by atoms with Crippen molar-refractivity contribution in [3.63, 3.8) is 0 Å². The molecule has 7 heteroatoms. The molecule has 0 saturated heterocycles. The average Bonchev–Trinajstić information content (AvgIpc) is 2.70. The Morgan fingerprint density at radius 3 is 2.32 bits per heavy atom. The highest BCUT2D eigenvalue weighted by Crippen LogP contribution is 2.27. The van der Waals surface area contributed by atoms with E-state index in [9.17, 15) is 13.2 Å².